The Hall–Kier alpha value is 0.360. The van der Waals surface area contributed by atoms with E-state index in [1.54, 1.807) is 7.11 Å². The lowest BCUT2D eigenvalue weighted by atomic mass is 10.00. The zero-order chi connectivity index (χ0) is 11.9. The fourth-order valence-corrected chi connectivity index (χ4v) is 2.43. The van der Waals surface area contributed by atoms with Gasteiger partial charge in [-0.25, -0.2) is 0 Å². The Balaban J connectivity index is 1.85. The van der Waals surface area contributed by atoms with E-state index in [2.05, 4.69) is 22.9 Å². The largest absolute Gasteiger partial charge is 0.382 e. The molecule has 0 N–H and O–H groups in total. The third kappa shape index (κ3) is 5.13. The highest BCUT2D eigenvalue weighted by Crippen LogP contribution is 2.54. The van der Waals surface area contributed by atoms with Gasteiger partial charge in [-0.2, -0.15) is 0 Å². The van der Waals surface area contributed by atoms with Crippen molar-refractivity contribution >= 4 is 15.9 Å². The quantitative estimate of drug-likeness (QED) is 0.458. The number of halogens is 1. The molecule has 1 rings (SSSR count). The number of hydrogen-bond acceptors (Lipinski definition) is 3. The van der Waals surface area contributed by atoms with Gasteiger partial charge in [0.25, 0.3) is 0 Å². The predicted molar refractivity (Wildman–Crippen MR) is 68.2 cm³/mol. The molecule has 0 spiro atoms. The standard InChI is InChI=1S/C12H23BrO3/c1-11(13)12(3-4-12)5-6-15-9-10-16-8-7-14-2/h11H,3-10H2,1-2H3. The maximum absolute atomic E-state index is 5.55. The monoisotopic (exact) mass is 294 g/mol. The first-order chi connectivity index (χ1) is 7.71. The minimum Gasteiger partial charge on any atom is -0.382 e. The molecule has 3 nitrogen and oxygen atoms in total. The first kappa shape index (κ1) is 14.4. The maximum atomic E-state index is 5.55. The second-order valence-corrected chi connectivity index (χ2v) is 5.82. The molecule has 0 heterocycles. The third-order valence-corrected chi connectivity index (χ3v) is 4.26. The molecule has 1 aliphatic rings. The van der Waals surface area contributed by atoms with E-state index in [4.69, 9.17) is 14.2 Å². The van der Waals surface area contributed by atoms with Crippen LogP contribution in [0.15, 0.2) is 0 Å². The van der Waals surface area contributed by atoms with E-state index >= 15 is 0 Å². The van der Waals surface area contributed by atoms with Crippen LogP contribution in [0.25, 0.3) is 0 Å². The van der Waals surface area contributed by atoms with Crippen molar-refractivity contribution in [1.29, 1.82) is 0 Å². The van der Waals surface area contributed by atoms with Crippen LogP contribution < -0.4 is 0 Å². The first-order valence-electron chi connectivity index (χ1n) is 6.00. The molecule has 0 aromatic heterocycles. The molecule has 0 aromatic carbocycles. The average Bonchev–Trinajstić information content (AvgIpc) is 3.03. The number of rotatable bonds is 10. The summed E-state index contributed by atoms with van der Waals surface area (Å²) in [5, 5.41) is 0. The zero-order valence-corrected chi connectivity index (χ0v) is 11.9. The number of ether oxygens (including phenoxy) is 3. The van der Waals surface area contributed by atoms with Gasteiger partial charge < -0.3 is 14.2 Å². The van der Waals surface area contributed by atoms with E-state index in [0.717, 1.165) is 13.0 Å². The van der Waals surface area contributed by atoms with Gasteiger partial charge in [-0.3, -0.25) is 0 Å². The zero-order valence-electron chi connectivity index (χ0n) is 10.3. The smallest absolute Gasteiger partial charge is 0.0701 e. The Bertz CT molecular complexity index is 181. The minimum absolute atomic E-state index is 0.525. The lowest BCUT2D eigenvalue weighted by Crippen LogP contribution is -2.16. The molecule has 1 aliphatic carbocycles. The molecule has 0 bridgehead atoms. The Morgan fingerprint density at radius 3 is 2.12 bits per heavy atom. The average molecular weight is 295 g/mol. The molecule has 0 aliphatic heterocycles. The SMILES string of the molecule is COCCOCCOCCC1(C(C)Br)CC1. The molecule has 1 saturated carbocycles. The van der Waals surface area contributed by atoms with Gasteiger partial charge in [0.1, 0.15) is 0 Å². The topological polar surface area (TPSA) is 27.7 Å². The van der Waals surface area contributed by atoms with Crippen LogP contribution in [0.1, 0.15) is 26.2 Å². The first-order valence-corrected chi connectivity index (χ1v) is 6.91. The van der Waals surface area contributed by atoms with Crippen molar-refractivity contribution in [3.8, 4) is 0 Å². The molecule has 96 valence electrons. The summed E-state index contributed by atoms with van der Waals surface area (Å²) in [4.78, 5) is 0.613. The highest BCUT2D eigenvalue weighted by Gasteiger charge is 2.45. The molecule has 0 saturated heterocycles. The van der Waals surface area contributed by atoms with E-state index in [1.165, 1.54) is 12.8 Å². The van der Waals surface area contributed by atoms with E-state index in [1.807, 2.05) is 0 Å². The van der Waals surface area contributed by atoms with Crippen molar-refractivity contribution in [3.05, 3.63) is 0 Å². The van der Waals surface area contributed by atoms with Crippen LogP contribution in [0.4, 0.5) is 0 Å². The summed E-state index contributed by atoms with van der Waals surface area (Å²) in [5.74, 6) is 0. The lowest BCUT2D eigenvalue weighted by Gasteiger charge is -2.17. The molecule has 0 amide bonds. The van der Waals surface area contributed by atoms with Crippen molar-refractivity contribution < 1.29 is 14.2 Å². The summed E-state index contributed by atoms with van der Waals surface area (Å²) < 4.78 is 15.7. The molecule has 1 unspecified atom stereocenters. The second kappa shape index (κ2) is 7.64. The molecule has 0 aromatic rings. The number of methoxy groups -OCH3 is 1. The Morgan fingerprint density at radius 2 is 1.62 bits per heavy atom. The summed E-state index contributed by atoms with van der Waals surface area (Å²) in [5.41, 5.74) is 0.525. The highest BCUT2D eigenvalue weighted by molar-refractivity contribution is 9.09. The van der Waals surface area contributed by atoms with Crippen LogP contribution in [0.3, 0.4) is 0 Å². The number of alkyl halides is 1. The van der Waals surface area contributed by atoms with Gasteiger partial charge in [0.05, 0.1) is 26.4 Å². The summed E-state index contributed by atoms with van der Waals surface area (Å²) in [6.45, 7) is 5.76. The van der Waals surface area contributed by atoms with Crippen LogP contribution in [-0.4, -0.2) is 45.0 Å². The molecule has 0 radical (unpaired) electrons. The fraction of sp³-hybridized carbons (Fsp3) is 1.00. The van der Waals surface area contributed by atoms with Crippen molar-refractivity contribution in [2.24, 2.45) is 5.41 Å². The summed E-state index contributed by atoms with van der Waals surface area (Å²) in [6, 6.07) is 0. The normalized spacial score (nSPS) is 19.7. The summed E-state index contributed by atoms with van der Waals surface area (Å²) in [7, 11) is 1.68. The van der Waals surface area contributed by atoms with E-state index in [9.17, 15) is 0 Å². The van der Waals surface area contributed by atoms with E-state index in [-0.39, 0.29) is 0 Å². The van der Waals surface area contributed by atoms with Gasteiger partial charge in [-0.05, 0) is 24.7 Å². The Labute approximate surface area is 107 Å². The fourth-order valence-electron chi connectivity index (χ4n) is 1.75. The van der Waals surface area contributed by atoms with Crippen molar-refractivity contribution in [2.75, 3.05) is 40.1 Å². The summed E-state index contributed by atoms with van der Waals surface area (Å²) >= 11 is 3.68. The van der Waals surface area contributed by atoms with Gasteiger partial charge in [0, 0.05) is 18.5 Å². The van der Waals surface area contributed by atoms with Crippen molar-refractivity contribution in [2.45, 2.75) is 31.0 Å². The van der Waals surface area contributed by atoms with Crippen LogP contribution in [0.5, 0.6) is 0 Å². The van der Waals surface area contributed by atoms with Gasteiger partial charge in [0.2, 0.25) is 0 Å². The van der Waals surface area contributed by atoms with Crippen LogP contribution in [-0.2, 0) is 14.2 Å². The van der Waals surface area contributed by atoms with Gasteiger partial charge in [-0.1, -0.05) is 22.9 Å². The minimum atomic E-state index is 0.525. The molecular weight excluding hydrogens is 272 g/mol. The van der Waals surface area contributed by atoms with Gasteiger partial charge in [-0.15, -0.1) is 0 Å². The summed E-state index contributed by atoms with van der Waals surface area (Å²) in [6.07, 6.45) is 3.84. The van der Waals surface area contributed by atoms with Crippen molar-refractivity contribution in [3.63, 3.8) is 0 Å². The Morgan fingerprint density at radius 1 is 1.06 bits per heavy atom. The van der Waals surface area contributed by atoms with Gasteiger partial charge in [0.15, 0.2) is 0 Å². The lowest BCUT2D eigenvalue weighted by molar-refractivity contribution is 0.0211. The maximum Gasteiger partial charge on any atom is 0.0701 e. The predicted octanol–water partition coefficient (Wildman–Crippen LogP) is 2.62. The van der Waals surface area contributed by atoms with Crippen LogP contribution in [0, 0.1) is 5.41 Å². The molecule has 4 heteroatoms. The van der Waals surface area contributed by atoms with Crippen LogP contribution in [0.2, 0.25) is 0 Å². The molecule has 1 fully saturated rings. The van der Waals surface area contributed by atoms with E-state index in [0.29, 0.717) is 36.7 Å². The van der Waals surface area contributed by atoms with Gasteiger partial charge >= 0.3 is 0 Å². The molecule has 1 atom stereocenters. The van der Waals surface area contributed by atoms with Crippen LogP contribution >= 0.6 is 15.9 Å². The number of hydrogen-bond donors (Lipinski definition) is 0. The van der Waals surface area contributed by atoms with E-state index < -0.39 is 0 Å². The molecular formula is C12H23BrO3. The third-order valence-electron chi connectivity index (χ3n) is 3.28. The highest BCUT2D eigenvalue weighted by atomic mass is 79.9. The second-order valence-electron chi connectivity index (χ2n) is 4.45. The van der Waals surface area contributed by atoms with Crippen molar-refractivity contribution in [1.82, 2.24) is 0 Å². The Kier molecular flexibility index (Phi) is 6.89. The molecule has 16 heavy (non-hydrogen) atoms.